The molecule has 7 nitrogen and oxygen atoms in total. The molecule has 0 aromatic heterocycles. The predicted molar refractivity (Wildman–Crippen MR) is 126 cm³/mol. The van der Waals surface area contributed by atoms with Gasteiger partial charge in [0.15, 0.2) is 6.61 Å². The Morgan fingerprint density at radius 3 is 2.50 bits per heavy atom. The number of hydrogen-bond donors (Lipinski definition) is 1. The zero-order valence-electron chi connectivity index (χ0n) is 17.2. The Morgan fingerprint density at radius 2 is 1.78 bits per heavy atom. The fraction of sp³-hybridized carbons (Fsp3) is 0.174. The second-order valence-corrected chi connectivity index (χ2v) is 10.0. The molecule has 1 aliphatic heterocycles. The number of ether oxygens (including phenoxy) is 2. The lowest BCUT2D eigenvalue weighted by Crippen LogP contribution is -2.42. The van der Waals surface area contributed by atoms with Crippen molar-refractivity contribution in [2.24, 2.45) is 0 Å². The monoisotopic (exact) mass is 516 g/mol. The Labute approximate surface area is 195 Å². The number of rotatable bonds is 6. The number of carbonyl (C=O) groups is 1. The maximum absolute atomic E-state index is 13.3. The molecular formula is C23H21BrN2O5S. The fourth-order valence-corrected chi connectivity index (χ4v) is 5.11. The van der Waals surface area contributed by atoms with Gasteiger partial charge in [0, 0.05) is 10.2 Å². The number of benzene rings is 3. The lowest BCUT2D eigenvalue weighted by molar-refractivity contribution is -0.118. The second kappa shape index (κ2) is 9.22. The van der Waals surface area contributed by atoms with Crippen molar-refractivity contribution in [2.45, 2.75) is 17.9 Å². The Hall–Kier alpha value is -3.04. The largest absolute Gasteiger partial charge is 0.487 e. The van der Waals surface area contributed by atoms with Crippen LogP contribution in [0.25, 0.3) is 0 Å². The van der Waals surface area contributed by atoms with E-state index < -0.39 is 10.0 Å². The third-order valence-electron chi connectivity index (χ3n) is 4.79. The predicted octanol–water partition coefficient (Wildman–Crippen LogP) is 4.44. The van der Waals surface area contributed by atoms with E-state index in [1.165, 1.54) is 16.4 Å². The highest BCUT2D eigenvalue weighted by Crippen LogP contribution is 2.36. The summed E-state index contributed by atoms with van der Waals surface area (Å²) in [7, 11) is -3.79. The van der Waals surface area contributed by atoms with Gasteiger partial charge in [0.1, 0.15) is 17.6 Å². The highest BCUT2D eigenvalue weighted by atomic mass is 79.9. The third-order valence-corrected chi connectivity index (χ3v) is 7.12. The van der Waals surface area contributed by atoms with Crippen LogP contribution in [0.1, 0.15) is 6.92 Å². The summed E-state index contributed by atoms with van der Waals surface area (Å²) in [4.78, 5) is 12.3. The molecule has 0 bridgehead atoms. The first-order valence-corrected chi connectivity index (χ1v) is 12.1. The molecular weight excluding hydrogens is 496 g/mol. The molecule has 4 rings (SSSR count). The summed E-state index contributed by atoms with van der Waals surface area (Å²) < 4.78 is 40.0. The van der Waals surface area contributed by atoms with Gasteiger partial charge in [-0.05, 0) is 67.6 Å². The number of carbonyl (C=O) groups excluding carboxylic acids is 1. The Bertz CT molecular complexity index is 1210. The maximum Gasteiger partial charge on any atom is 0.264 e. The number of hydrogen-bond acceptors (Lipinski definition) is 5. The van der Waals surface area contributed by atoms with Gasteiger partial charge in [-0.2, -0.15) is 0 Å². The van der Waals surface area contributed by atoms with Gasteiger partial charge < -0.3 is 14.8 Å². The molecule has 1 heterocycles. The molecule has 0 saturated carbocycles. The van der Waals surface area contributed by atoms with Crippen LogP contribution in [0.2, 0.25) is 0 Å². The summed E-state index contributed by atoms with van der Waals surface area (Å²) >= 11 is 3.34. The van der Waals surface area contributed by atoms with E-state index in [9.17, 15) is 13.2 Å². The molecule has 1 amide bonds. The van der Waals surface area contributed by atoms with Gasteiger partial charge in [0.05, 0.1) is 17.1 Å². The van der Waals surface area contributed by atoms with Gasteiger partial charge in [-0.15, -0.1) is 0 Å². The molecule has 1 N–H and O–H groups in total. The molecule has 0 fully saturated rings. The minimum absolute atomic E-state index is 0.130. The van der Waals surface area contributed by atoms with E-state index in [-0.39, 0.29) is 30.1 Å². The summed E-state index contributed by atoms with van der Waals surface area (Å²) in [6, 6.07) is 20.3. The summed E-state index contributed by atoms with van der Waals surface area (Å²) in [6.07, 6.45) is -0.274. The van der Waals surface area contributed by atoms with Crippen LogP contribution in [-0.4, -0.2) is 33.6 Å². The normalized spacial score (nSPS) is 15.4. The second-order valence-electron chi connectivity index (χ2n) is 7.25. The molecule has 32 heavy (non-hydrogen) atoms. The van der Waals surface area contributed by atoms with E-state index in [1.54, 1.807) is 48.5 Å². The molecule has 0 aliphatic carbocycles. The Balaban J connectivity index is 1.44. The summed E-state index contributed by atoms with van der Waals surface area (Å²) in [5.74, 6) is 0.758. The number of amides is 1. The van der Waals surface area contributed by atoms with Gasteiger partial charge in [0.25, 0.3) is 15.9 Å². The molecule has 3 aromatic carbocycles. The average Bonchev–Trinajstić information content (AvgIpc) is 2.78. The van der Waals surface area contributed by atoms with Crippen LogP contribution in [0.4, 0.5) is 11.4 Å². The Kier molecular flexibility index (Phi) is 6.38. The molecule has 0 spiro atoms. The number of sulfonamides is 1. The third kappa shape index (κ3) is 4.89. The molecule has 0 radical (unpaired) electrons. The van der Waals surface area contributed by atoms with Crippen molar-refractivity contribution in [1.82, 2.24) is 0 Å². The number of fused-ring (bicyclic) bond motifs is 1. The highest BCUT2D eigenvalue weighted by molar-refractivity contribution is 9.10. The zero-order valence-corrected chi connectivity index (χ0v) is 19.6. The van der Waals surface area contributed by atoms with Crippen LogP contribution in [-0.2, 0) is 14.8 Å². The first kappa shape index (κ1) is 22.2. The Morgan fingerprint density at radius 1 is 1.09 bits per heavy atom. The van der Waals surface area contributed by atoms with E-state index in [0.29, 0.717) is 22.9 Å². The molecule has 1 atom stereocenters. The van der Waals surface area contributed by atoms with E-state index in [2.05, 4.69) is 21.2 Å². The summed E-state index contributed by atoms with van der Waals surface area (Å²) in [5.41, 5.74) is 0.983. The molecule has 9 heteroatoms. The van der Waals surface area contributed by atoms with Gasteiger partial charge in [0.2, 0.25) is 0 Å². The van der Waals surface area contributed by atoms with E-state index >= 15 is 0 Å². The molecule has 3 aromatic rings. The van der Waals surface area contributed by atoms with Crippen LogP contribution >= 0.6 is 15.9 Å². The number of para-hydroxylation sites is 2. The fourth-order valence-electron chi connectivity index (χ4n) is 3.29. The zero-order chi connectivity index (χ0) is 22.7. The lowest BCUT2D eigenvalue weighted by atomic mass is 10.2. The van der Waals surface area contributed by atoms with Crippen LogP contribution in [0.3, 0.4) is 0 Å². The average molecular weight is 517 g/mol. The van der Waals surface area contributed by atoms with Gasteiger partial charge in [-0.3, -0.25) is 9.10 Å². The van der Waals surface area contributed by atoms with Gasteiger partial charge >= 0.3 is 0 Å². The summed E-state index contributed by atoms with van der Waals surface area (Å²) in [5, 5.41) is 2.70. The van der Waals surface area contributed by atoms with Crippen molar-refractivity contribution in [3.05, 3.63) is 77.3 Å². The van der Waals surface area contributed by atoms with E-state index in [0.717, 1.165) is 4.47 Å². The molecule has 1 unspecified atom stereocenters. The maximum atomic E-state index is 13.3. The van der Waals surface area contributed by atoms with Crippen molar-refractivity contribution < 1.29 is 22.7 Å². The van der Waals surface area contributed by atoms with Crippen LogP contribution < -0.4 is 19.1 Å². The molecule has 166 valence electrons. The highest BCUT2D eigenvalue weighted by Gasteiger charge is 2.32. The first-order valence-electron chi connectivity index (χ1n) is 9.89. The number of anilines is 2. The number of nitrogens with zero attached hydrogens (tertiary/aromatic N) is 1. The quantitative estimate of drug-likeness (QED) is 0.523. The van der Waals surface area contributed by atoms with E-state index in [4.69, 9.17) is 9.47 Å². The SMILES string of the molecule is CC1CN(S(=O)(=O)c2ccc(NC(=O)COc3ccc(Br)cc3)cc2)c2ccccc2O1. The van der Waals surface area contributed by atoms with Crippen LogP contribution in [0.15, 0.2) is 82.2 Å². The minimum atomic E-state index is -3.79. The van der Waals surface area contributed by atoms with Crippen molar-refractivity contribution in [3.63, 3.8) is 0 Å². The topological polar surface area (TPSA) is 84.9 Å². The smallest absolute Gasteiger partial charge is 0.264 e. The van der Waals surface area contributed by atoms with E-state index in [1.807, 2.05) is 19.1 Å². The van der Waals surface area contributed by atoms with Gasteiger partial charge in [-0.1, -0.05) is 28.1 Å². The minimum Gasteiger partial charge on any atom is -0.487 e. The van der Waals surface area contributed by atoms with Gasteiger partial charge in [-0.25, -0.2) is 8.42 Å². The van der Waals surface area contributed by atoms with Crippen LogP contribution in [0, 0.1) is 0 Å². The number of halogens is 1. The first-order chi connectivity index (χ1) is 15.3. The van der Waals surface area contributed by atoms with Crippen LogP contribution in [0.5, 0.6) is 11.5 Å². The number of nitrogens with one attached hydrogen (secondary N) is 1. The molecule has 0 saturated heterocycles. The lowest BCUT2D eigenvalue weighted by Gasteiger charge is -2.34. The van der Waals surface area contributed by atoms with Crippen molar-refractivity contribution >= 4 is 43.2 Å². The molecule has 1 aliphatic rings. The van der Waals surface area contributed by atoms with Crippen molar-refractivity contribution in [3.8, 4) is 11.5 Å². The standard InChI is InChI=1S/C23H21BrN2O5S/c1-16-14-26(21-4-2-3-5-22(21)31-16)32(28,29)20-12-8-18(9-13-20)25-23(27)15-30-19-10-6-17(24)7-11-19/h2-13,16H,14-15H2,1H3,(H,25,27). The summed E-state index contributed by atoms with van der Waals surface area (Å²) in [6.45, 7) is 1.88. The van der Waals surface area contributed by atoms with Crippen molar-refractivity contribution in [1.29, 1.82) is 0 Å². The van der Waals surface area contributed by atoms with Crippen molar-refractivity contribution in [2.75, 3.05) is 22.8 Å².